The normalized spacial score (nSPS) is 16.0. The number of hydrogen-bond donors (Lipinski definition) is 1. The Kier molecular flexibility index (Phi) is 6.21. The molecule has 2 atom stereocenters. The molecule has 0 aliphatic carbocycles. The number of hydrogen-bond acceptors (Lipinski definition) is 4. The Morgan fingerprint density at radius 2 is 1.96 bits per heavy atom. The maximum Gasteiger partial charge on any atom is 0.124 e. The van der Waals surface area contributed by atoms with Gasteiger partial charge in [-0.25, -0.2) is 0 Å². The first-order valence-corrected chi connectivity index (χ1v) is 8.99. The molecule has 0 saturated heterocycles. The standard InChI is InChI=1S/C20H27NO2S/c1-15(13-17-8-10-18(23-5)11-9-17)20(22,16(2)14-21(3)4)19-7-6-12-24-19/h6-13,16,22H,14H2,1-5H3/b15-13+. The molecule has 0 fully saturated rings. The molecule has 1 aromatic carbocycles. The van der Waals surface area contributed by atoms with E-state index in [4.69, 9.17) is 4.74 Å². The molecule has 2 unspecified atom stereocenters. The van der Waals surface area contributed by atoms with Crippen LogP contribution in [0.25, 0.3) is 6.08 Å². The van der Waals surface area contributed by atoms with Crippen LogP contribution in [0.1, 0.15) is 24.3 Å². The average Bonchev–Trinajstić information content (AvgIpc) is 3.08. The van der Waals surface area contributed by atoms with Gasteiger partial charge in [0.15, 0.2) is 0 Å². The van der Waals surface area contributed by atoms with Crippen LogP contribution in [-0.2, 0) is 5.60 Å². The van der Waals surface area contributed by atoms with E-state index in [1.165, 1.54) is 0 Å². The summed E-state index contributed by atoms with van der Waals surface area (Å²) in [5.74, 6) is 0.903. The number of benzene rings is 1. The number of aliphatic hydroxyl groups is 1. The van der Waals surface area contributed by atoms with E-state index in [9.17, 15) is 5.11 Å². The number of nitrogens with zero attached hydrogens (tertiary/aromatic N) is 1. The van der Waals surface area contributed by atoms with Crippen LogP contribution in [0.3, 0.4) is 0 Å². The summed E-state index contributed by atoms with van der Waals surface area (Å²) >= 11 is 1.60. The molecule has 1 aromatic heterocycles. The van der Waals surface area contributed by atoms with Gasteiger partial charge in [-0.3, -0.25) is 0 Å². The van der Waals surface area contributed by atoms with Crippen molar-refractivity contribution in [1.29, 1.82) is 0 Å². The molecule has 0 saturated carbocycles. The SMILES string of the molecule is COc1ccc(/C=C(\C)C(O)(c2cccs2)C(C)CN(C)C)cc1. The topological polar surface area (TPSA) is 32.7 Å². The summed E-state index contributed by atoms with van der Waals surface area (Å²) in [5.41, 5.74) is 1.03. The second-order valence-corrected chi connectivity index (χ2v) is 7.46. The summed E-state index contributed by atoms with van der Waals surface area (Å²) in [6, 6.07) is 11.9. The van der Waals surface area contributed by atoms with Crippen molar-refractivity contribution in [2.75, 3.05) is 27.7 Å². The van der Waals surface area contributed by atoms with E-state index in [0.717, 1.165) is 28.3 Å². The molecule has 4 heteroatoms. The number of methoxy groups -OCH3 is 1. The fourth-order valence-corrected chi connectivity index (χ4v) is 4.06. The van der Waals surface area contributed by atoms with E-state index in [0.29, 0.717) is 0 Å². The van der Waals surface area contributed by atoms with Gasteiger partial charge in [-0.15, -0.1) is 11.3 Å². The highest BCUT2D eigenvalue weighted by molar-refractivity contribution is 7.10. The van der Waals surface area contributed by atoms with Crippen LogP contribution in [0, 0.1) is 5.92 Å². The van der Waals surface area contributed by atoms with Gasteiger partial charge in [0.25, 0.3) is 0 Å². The minimum atomic E-state index is -0.974. The lowest BCUT2D eigenvalue weighted by Crippen LogP contribution is -2.39. The highest BCUT2D eigenvalue weighted by Crippen LogP contribution is 2.40. The Hall–Kier alpha value is -1.62. The first kappa shape index (κ1) is 18.7. The van der Waals surface area contributed by atoms with Crippen LogP contribution in [0.4, 0.5) is 0 Å². The van der Waals surface area contributed by atoms with Crippen molar-refractivity contribution in [3.63, 3.8) is 0 Å². The lowest BCUT2D eigenvalue weighted by atomic mass is 9.80. The first-order valence-electron chi connectivity index (χ1n) is 8.11. The van der Waals surface area contributed by atoms with E-state index in [1.807, 2.05) is 62.8 Å². The van der Waals surface area contributed by atoms with Crippen LogP contribution in [-0.4, -0.2) is 37.8 Å². The highest BCUT2D eigenvalue weighted by atomic mass is 32.1. The summed E-state index contributed by atoms with van der Waals surface area (Å²) in [7, 11) is 5.73. The van der Waals surface area contributed by atoms with Crippen molar-refractivity contribution >= 4 is 17.4 Å². The fraction of sp³-hybridized carbons (Fsp3) is 0.400. The second-order valence-electron chi connectivity index (χ2n) is 6.51. The summed E-state index contributed by atoms with van der Waals surface area (Å²) in [6.45, 7) is 4.92. The van der Waals surface area contributed by atoms with Gasteiger partial charge in [0.2, 0.25) is 0 Å². The highest BCUT2D eigenvalue weighted by Gasteiger charge is 2.38. The van der Waals surface area contributed by atoms with Gasteiger partial charge in [-0.2, -0.15) is 0 Å². The molecule has 2 aromatic rings. The molecule has 24 heavy (non-hydrogen) atoms. The number of thiophene rings is 1. The maximum absolute atomic E-state index is 11.6. The predicted molar refractivity (Wildman–Crippen MR) is 103 cm³/mol. The minimum absolute atomic E-state index is 0.0700. The zero-order valence-corrected chi connectivity index (χ0v) is 15.9. The van der Waals surface area contributed by atoms with Crippen molar-refractivity contribution in [3.05, 3.63) is 57.8 Å². The van der Waals surface area contributed by atoms with Gasteiger partial charge in [0.1, 0.15) is 11.4 Å². The van der Waals surface area contributed by atoms with Gasteiger partial charge in [0.05, 0.1) is 7.11 Å². The molecule has 0 aliphatic heterocycles. The Morgan fingerprint density at radius 3 is 2.46 bits per heavy atom. The lowest BCUT2D eigenvalue weighted by molar-refractivity contribution is 0.0138. The molecule has 0 radical (unpaired) electrons. The molecular weight excluding hydrogens is 318 g/mol. The molecule has 2 rings (SSSR count). The van der Waals surface area contributed by atoms with Crippen molar-refractivity contribution in [1.82, 2.24) is 4.90 Å². The molecular formula is C20H27NO2S. The number of rotatable bonds is 7. The summed E-state index contributed by atoms with van der Waals surface area (Å²) < 4.78 is 5.21. The third-order valence-corrected chi connectivity index (χ3v) is 5.34. The van der Waals surface area contributed by atoms with E-state index in [2.05, 4.69) is 17.9 Å². The Balaban J connectivity index is 2.40. The van der Waals surface area contributed by atoms with E-state index >= 15 is 0 Å². The minimum Gasteiger partial charge on any atom is -0.497 e. The summed E-state index contributed by atoms with van der Waals surface area (Å²) in [5, 5.41) is 13.6. The van der Waals surface area contributed by atoms with Crippen molar-refractivity contribution in [2.24, 2.45) is 5.92 Å². The van der Waals surface area contributed by atoms with Crippen LogP contribution in [0.2, 0.25) is 0 Å². The van der Waals surface area contributed by atoms with Gasteiger partial charge in [0, 0.05) is 17.3 Å². The zero-order valence-electron chi connectivity index (χ0n) is 15.1. The van der Waals surface area contributed by atoms with Crippen LogP contribution >= 0.6 is 11.3 Å². The average molecular weight is 346 g/mol. The van der Waals surface area contributed by atoms with Crippen LogP contribution in [0.5, 0.6) is 5.75 Å². The maximum atomic E-state index is 11.6. The smallest absolute Gasteiger partial charge is 0.124 e. The van der Waals surface area contributed by atoms with Crippen molar-refractivity contribution in [3.8, 4) is 5.75 Å². The van der Waals surface area contributed by atoms with Gasteiger partial charge >= 0.3 is 0 Å². The Labute approximate surface area is 149 Å². The van der Waals surface area contributed by atoms with E-state index in [1.54, 1.807) is 18.4 Å². The third kappa shape index (κ3) is 4.07. The molecule has 1 N–H and O–H groups in total. The quantitative estimate of drug-likeness (QED) is 0.814. The van der Waals surface area contributed by atoms with Crippen molar-refractivity contribution < 1.29 is 9.84 Å². The Bertz CT molecular complexity index is 661. The summed E-state index contributed by atoms with van der Waals surface area (Å²) in [4.78, 5) is 3.10. The number of ether oxygens (including phenoxy) is 1. The second kappa shape index (κ2) is 7.97. The molecule has 0 aliphatic rings. The van der Waals surface area contributed by atoms with E-state index < -0.39 is 5.60 Å². The van der Waals surface area contributed by atoms with Crippen molar-refractivity contribution in [2.45, 2.75) is 19.4 Å². The fourth-order valence-electron chi connectivity index (χ4n) is 3.06. The lowest BCUT2D eigenvalue weighted by Gasteiger charge is -2.36. The first-order chi connectivity index (χ1) is 11.4. The molecule has 0 bridgehead atoms. The van der Waals surface area contributed by atoms with Gasteiger partial charge < -0.3 is 14.7 Å². The molecule has 1 heterocycles. The summed E-state index contributed by atoms with van der Waals surface area (Å²) in [6.07, 6.45) is 2.06. The molecule has 0 spiro atoms. The van der Waals surface area contributed by atoms with Gasteiger partial charge in [-0.1, -0.05) is 31.2 Å². The monoisotopic (exact) mass is 345 g/mol. The van der Waals surface area contributed by atoms with E-state index in [-0.39, 0.29) is 5.92 Å². The third-order valence-electron chi connectivity index (χ3n) is 4.35. The largest absolute Gasteiger partial charge is 0.497 e. The predicted octanol–water partition coefficient (Wildman–Crippen LogP) is 4.25. The zero-order chi connectivity index (χ0) is 17.7. The molecule has 0 amide bonds. The van der Waals surface area contributed by atoms with Crippen LogP contribution in [0.15, 0.2) is 47.4 Å². The molecule has 3 nitrogen and oxygen atoms in total. The van der Waals surface area contributed by atoms with Gasteiger partial charge in [-0.05, 0) is 55.7 Å². The Morgan fingerprint density at radius 1 is 1.29 bits per heavy atom. The molecule has 130 valence electrons. The van der Waals surface area contributed by atoms with Crippen LogP contribution < -0.4 is 4.74 Å².